The maximum Gasteiger partial charge on any atom is 0.270 e. The number of thiophene rings is 1. The topological polar surface area (TPSA) is 40.6 Å². The van der Waals surface area contributed by atoms with Gasteiger partial charge in [-0.3, -0.25) is 19.4 Å². The monoisotopic (exact) mass is 560 g/mol. The fourth-order valence-corrected chi connectivity index (χ4v) is 6.42. The van der Waals surface area contributed by atoms with Crippen LogP contribution >= 0.6 is 46.9 Å². The first-order valence-electron chi connectivity index (χ1n) is 11.4. The standard InChI is InChI=1S/C29H21ClN2O2S3/c1-18-8-11-22(16-19(18)2)32-28(34)25(27(33)31(29(32)35)21-6-4-3-5-7-21)17-24-14-15-26(37-24)36-23-12-9-20(30)10-13-23/h3-17H,1-2H3/b25-17-. The van der Waals surface area contributed by atoms with Gasteiger partial charge in [-0.1, -0.05) is 47.6 Å². The summed E-state index contributed by atoms with van der Waals surface area (Å²) in [6.07, 6.45) is 1.66. The molecule has 2 heterocycles. The highest BCUT2D eigenvalue weighted by atomic mass is 35.5. The first kappa shape index (κ1) is 25.4. The van der Waals surface area contributed by atoms with Crippen LogP contribution in [0.25, 0.3) is 6.08 Å². The number of para-hydroxylation sites is 1. The van der Waals surface area contributed by atoms with Crippen LogP contribution in [0, 0.1) is 13.8 Å². The van der Waals surface area contributed by atoms with Gasteiger partial charge in [0.2, 0.25) is 0 Å². The number of rotatable bonds is 5. The summed E-state index contributed by atoms with van der Waals surface area (Å²) in [7, 11) is 0. The van der Waals surface area contributed by atoms with Crippen LogP contribution in [0.4, 0.5) is 11.4 Å². The molecule has 37 heavy (non-hydrogen) atoms. The third kappa shape index (κ3) is 5.26. The van der Waals surface area contributed by atoms with Gasteiger partial charge < -0.3 is 0 Å². The molecular weight excluding hydrogens is 540 g/mol. The van der Waals surface area contributed by atoms with E-state index in [0.29, 0.717) is 16.4 Å². The van der Waals surface area contributed by atoms with Gasteiger partial charge in [0.15, 0.2) is 5.11 Å². The van der Waals surface area contributed by atoms with Crippen molar-refractivity contribution in [2.75, 3.05) is 9.80 Å². The van der Waals surface area contributed by atoms with Gasteiger partial charge in [0.25, 0.3) is 11.8 Å². The highest BCUT2D eigenvalue weighted by Gasteiger charge is 2.41. The maximum atomic E-state index is 13.8. The Morgan fingerprint density at radius 3 is 2.16 bits per heavy atom. The Hall–Kier alpha value is -3.23. The van der Waals surface area contributed by atoms with Gasteiger partial charge in [0, 0.05) is 14.8 Å². The van der Waals surface area contributed by atoms with E-state index in [-0.39, 0.29) is 10.7 Å². The number of aryl methyl sites for hydroxylation is 2. The molecule has 1 saturated heterocycles. The molecule has 1 aliphatic heterocycles. The number of halogens is 1. The lowest BCUT2D eigenvalue weighted by molar-refractivity contribution is -0.120. The van der Waals surface area contributed by atoms with Gasteiger partial charge in [0.05, 0.1) is 15.6 Å². The van der Waals surface area contributed by atoms with Crippen LogP contribution in [-0.2, 0) is 9.59 Å². The Labute approximate surface area is 234 Å². The van der Waals surface area contributed by atoms with Crippen LogP contribution in [0.1, 0.15) is 16.0 Å². The van der Waals surface area contributed by atoms with Gasteiger partial charge in [-0.2, -0.15) is 0 Å². The summed E-state index contributed by atoms with van der Waals surface area (Å²) in [6, 6.07) is 26.4. The molecule has 8 heteroatoms. The van der Waals surface area contributed by atoms with Crippen LogP contribution in [0.15, 0.2) is 99.6 Å². The van der Waals surface area contributed by atoms with Crippen molar-refractivity contribution in [1.29, 1.82) is 0 Å². The Morgan fingerprint density at radius 2 is 1.49 bits per heavy atom. The molecule has 4 aromatic rings. The quantitative estimate of drug-likeness (QED) is 0.141. The summed E-state index contributed by atoms with van der Waals surface area (Å²) in [5.74, 6) is -0.882. The minimum absolute atomic E-state index is 0.0561. The summed E-state index contributed by atoms with van der Waals surface area (Å²) in [5.41, 5.74) is 3.43. The predicted octanol–water partition coefficient (Wildman–Crippen LogP) is 7.92. The summed E-state index contributed by atoms with van der Waals surface area (Å²) >= 11 is 14.8. The van der Waals surface area contributed by atoms with E-state index >= 15 is 0 Å². The summed E-state index contributed by atoms with van der Waals surface area (Å²) in [6.45, 7) is 4.00. The molecule has 5 rings (SSSR count). The van der Waals surface area contributed by atoms with Crippen LogP contribution < -0.4 is 9.80 Å². The summed E-state index contributed by atoms with van der Waals surface area (Å²) in [4.78, 5) is 32.2. The molecule has 0 bridgehead atoms. The average molecular weight is 561 g/mol. The fraction of sp³-hybridized carbons (Fsp3) is 0.0690. The minimum atomic E-state index is -0.443. The van der Waals surface area contributed by atoms with E-state index in [1.54, 1.807) is 17.8 Å². The highest BCUT2D eigenvalue weighted by molar-refractivity contribution is 8.01. The molecule has 1 fully saturated rings. The van der Waals surface area contributed by atoms with Crippen LogP contribution in [0.2, 0.25) is 5.02 Å². The van der Waals surface area contributed by atoms with Gasteiger partial charge in [-0.25, -0.2) is 0 Å². The number of hydrogen-bond donors (Lipinski definition) is 0. The molecule has 3 aromatic carbocycles. The number of carbonyl (C=O) groups is 2. The number of thiocarbonyl (C=S) groups is 1. The molecule has 0 spiro atoms. The summed E-state index contributed by atoms with van der Waals surface area (Å²) < 4.78 is 1.03. The van der Waals surface area contributed by atoms with Crippen molar-refractivity contribution in [2.45, 2.75) is 23.0 Å². The number of carbonyl (C=O) groups excluding carboxylic acids is 2. The molecular formula is C29H21ClN2O2S3. The Kier molecular flexibility index (Phi) is 7.31. The number of anilines is 2. The second-order valence-electron chi connectivity index (χ2n) is 8.44. The molecule has 0 aliphatic carbocycles. The van der Waals surface area contributed by atoms with Crippen molar-refractivity contribution in [3.8, 4) is 0 Å². The zero-order chi connectivity index (χ0) is 26.1. The van der Waals surface area contributed by atoms with Crippen molar-refractivity contribution < 1.29 is 9.59 Å². The number of hydrogen-bond acceptors (Lipinski definition) is 5. The van der Waals surface area contributed by atoms with Gasteiger partial charge >= 0.3 is 0 Å². The van der Waals surface area contributed by atoms with E-state index < -0.39 is 11.8 Å². The van der Waals surface area contributed by atoms with E-state index in [4.69, 9.17) is 23.8 Å². The lowest BCUT2D eigenvalue weighted by Crippen LogP contribution is -2.56. The third-order valence-corrected chi connectivity index (χ3v) is 8.72. The second-order valence-corrected chi connectivity index (χ2v) is 11.7. The predicted molar refractivity (Wildman–Crippen MR) is 158 cm³/mol. The molecule has 0 saturated carbocycles. The summed E-state index contributed by atoms with van der Waals surface area (Å²) in [5, 5.41) is 0.816. The lowest BCUT2D eigenvalue weighted by atomic mass is 10.1. The van der Waals surface area contributed by atoms with Gasteiger partial charge in [0.1, 0.15) is 5.57 Å². The molecule has 0 atom stereocenters. The van der Waals surface area contributed by atoms with Crippen LogP contribution in [-0.4, -0.2) is 16.9 Å². The second kappa shape index (κ2) is 10.6. The lowest BCUT2D eigenvalue weighted by Gasteiger charge is -2.36. The van der Waals surface area contributed by atoms with Crippen LogP contribution in [0.5, 0.6) is 0 Å². The largest absolute Gasteiger partial charge is 0.270 e. The van der Waals surface area contributed by atoms with E-state index in [1.807, 2.05) is 98.8 Å². The average Bonchev–Trinajstić information content (AvgIpc) is 3.33. The van der Waals surface area contributed by atoms with E-state index in [2.05, 4.69) is 0 Å². The van der Waals surface area contributed by atoms with Crippen LogP contribution in [0.3, 0.4) is 0 Å². The van der Waals surface area contributed by atoms with E-state index in [9.17, 15) is 9.59 Å². The smallest absolute Gasteiger partial charge is 0.268 e. The highest BCUT2D eigenvalue weighted by Crippen LogP contribution is 2.36. The van der Waals surface area contributed by atoms with E-state index in [1.165, 1.54) is 21.1 Å². The Balaban J connectivity index is 1.54. The Morgan fingerprint density at radius 1 is 0.811 bits per heavy atom. The molecule has 0 radical (unpaired) electrons. The van der Waals surface area contributed by atoms with Gasteiger partial charge in [-0.05, 0) is 104 Å². The molecule has 1 aliphatic rings. The maximum absolute atomic E-state index is 13.8. The van der Waals surface area contributed by atoms with E-state index in [0.717, 1.165) is 25.1 Å². The fourth-order valence-electron chi connectivity index (χ4n) is 3.85. The molecule has 1 aromatic heterocycles. The number of amides is 2. The molecule has 0 unspecified atom stereocenters. The first-order chi connectivity index (χ1) is 17.8. The van der Waals surface area contributed by atoms with Crippen molar-refractivity contribution in [1.82, 2.24) is 0 Å². The first-order valence-corrected chi connectivity index (χ1v) is 13.8. The zero-order valence-corrected chi connectivity index (χ0v) is 23.2. The normalized spacial score (nSPS) is 15.1. The van der Waals surface area contributed by atoms with Gasteiger partial charge in [-0.15, -0.1) is 11.3 Å². The van der Waals surface area contributed by atoms with Crippen molar-refractivity contribution in [3.63, 3.8) is 0 Å². The molecule has 0 N–H and O–H groups in total. The van der Waals surface area contributed by atoms with Crippen molar-refractivity contribution in [2.24, 2.45) is 0 Å². The molecule has 4 nitrogen and oxygen atoms in total. The SMILES string of the molecule is Cc1ccc(N2C(=O)/C(=C\c3ccc(Sc4ccc(Cl)cc4)s3)C(=O)N(c3ccccc3)C2=S)cc1C. The Bertz CT molecular complexity index is 1550. The number of nitrogens with zero attached hydrogens (tertiary/aromatic N) is 2. The van der Waals surface area contributed by atoms with Crippen molar-refractivity contribution >= 4 is 81.3 Å². The third-order valence-electron chi connectivity index (χ3n) is 5.93. The van der Waals surface area contributed by atoms with Crippen molar-refractivity contribution in [3.05, 3.63) is 112 Å². The minimum Gasteiger partial charge on any atom is -0.268 e. The zero-order valence-electron chi connectivity index (χ0n) is 20.0. The molecule has 184 valence electrons. The number of benzene rings is 3. The molecule has 2 amide bonds.